The Hall–Kier alpha value is -4.74. The second-order valence-electron chi connectivity index (χ2n) is 10.3. The maximum Gasteiger partial charge on any atom is 0.294 e. The quantitative estimate of drug-likeness (QED) is 0.277. The summed E-state index contributed by atoms with van der Waals surface area (Å²) in [5.74, 6) is -3.54. The van der Waals surface area contributed by atoms with Crippen LogP contribution in [0.25, 0.3) is 11.3 Å². The first-order valence-electron chi connectivity index (χ1n) is 12.9. The Morgan fingerprint density at radius 2 is 1.78 bits per heavy atom. The Bertz CT molecular complexity index is 1630. The Kier molecular flexibility index (Phi) is 8.41. The Labute approximate surface area is 234 Å². The molecule has 41 heavy (non-hydrogen) atoms. The Morgan fingerprint density at radius 1 is 1.07 bits per heavy atom. The lowest BCUT2D eigenvalue weighted by atomic mass is 9.84. The van der Waals surface area contributed by atoms with E-state index < -0.39 is 40.3 Å². The van der Waals surface area contributed by atoms with Gasteiger partial charge in [0.05, 0.1) is 23.3 Å². The molecule has 0 aliphatic carbocycles. The van der Waals surface area contributed by atoms with E-state index in [0.717, 1.165) is 12.1 Å². The minimum atomic E-state index is -1.18. The van der Waals surface area contributed by atoms with E-state index in [2.05, 4.69) is 25.8 Å². The molecule has 0 saturated heterocycles. The molecular formula is C29H30F2N6O4. The van der Waals surface area contributed by atoms with Crippen molar-refractivity contribution in [3.05, 3.63) is 94.1 Å². The number of ketones is 1. The highest BCUT2D eigenvalue weighted by Gasteiger charge is 2.35. The molecule has 0 radical (unpaired) electrons. The number of nitrogens with one attached hydrogen (secondary N) is 2. The normalized spacial score (nSPS) is 12.3. The van der Waals surface area contributed by atoms with Crippen LogP contribution in [0.3, 0.4) is 0 Å². The van der Waals surface area contributed by atoms with Gasteiger partial charge in [0, 0.05) is 18.7 Å². The van der Waals surface area contributed by atoms with Gasteiger partial charge in [0.25, 0.3) is 11.4 Å². The number of amides is 1. The molecule has 214 valence electrons. The van der Waals surface area contributed by atoms with Crippen LogP contribution in [0.15, 0.2) is 63.9 Å². The van der Waals surface area contributed by atoms with Crippen LogP contribution in [-0.2, 0) is 16.8 Å². The van der Waals surface area contributed by atoms with E-state index in [-0.39, 0.29) is 35.6 Å². The number of halogens is 2. The molecule has 2 heterocycles. The lowest BCUT2D eigenvalue weighted by Gasteiger charge is -2.22. The molecule has 4 rings (SSSR count). The van der Waals surface area contributed by atoms with Gasteiger partial charge in [-0.3, -0.25) is 19.0 Å². The number of aromatic nitrogens is 4. The number of hydrogen-bond donors (Lipinski definition) is 2. The summed E-state index contributed by atoms with van der Waals surface area (Å²) in [6.07, 6.45) is 1.49. The van der Waals surface area contributed by atoms with Crippen LogP contribution in [-0.4, -0.2) is 44.5 Å². The molecule has 4 aromatic rings. The van der Waals surface area contributed by atoms with E-state index in [1.54, 1.807) is 59.0 Å². The van der Waals surface area contributed by atoms with E-state index in [9.17, 15) is 23.2 Å². The highest BCUT2D eigenvalue weighted by molar-refractivity contribution is 5.98. The second kappa shape index (κ2) is 11.8. The van der Waals surface area contributed by atoms with E-state index in [1.165, 1.54) is 16.8 Å². The van der Waals surface area contributed by atoms with Gasteiger partial charge in [0.2, 0.25) is 17.6 Å². The van der Waals surface area contributed by atoms with Gasteiger partial charge in [-0.25, -0.2) is 13.8 Å². The third kappa shape index (κ3) is 6.06. The smallest absolute Gasteiger partial charge is 0.294 e. The van der Waals surface area contributed by atoms with E-state index >= 15 is 0 Å². The van der Waals surface area contributed by atoms with E-state index in [4.69, 9.17) is 4.42 Å². The highest BCUT2D eigenvalue weighted by atomic mass is 19.1. The van der Waals surface area contributed by atoms with Crippen molar-refractivity contribution in [2.75, 3.05) is 12.4 Å². The fourth-order valence-electron chi connectivity index (χ4n) is 4.37. The average Bonchev–Trinajstić information content (AvgIpc) is 3.44. The zero-order chi connectivity index (χ0) is 29.9. The maximum atomic E-state index is 14.5. The Morgan fingerprint density at radius 3 is 2.41 bits per heavy atom. The van der Waals surface area contributed by atoms with Crippen LogP contribution >= 0.6 is 0 Å². The molecule has 2 aromatic heterocycles. The summed E-state index contributed by atoms with van der Waals surface area (Å²) in [6, 6.07) is 11.1. The predicted molar refractivity (Wildman–Crippen MR) is 147 cm³/mol. The topological polar surface area (TPSA) is 132 Å². The summed E-state index contributed by atoms with van der Waals surface area (Å²) < 4.78 is 34.8. The molecule has 1 amide bonds. The van der Waals surface area contributed by atoms with Crippen LogP contribution in [0.2, 0.25) is 0 Å². The van der Waals surface area contributed by atoms with Crippen molar-refractivity contribution in [2.45, 2.75) is 45.7 Å². The number of carbonyl (C=O) groups excluding carboxylic acids is 2. The largest absolute Gasteiger partial charge is 0.417 e. The molecule has 0 unspecified atom stereocenters. The number of anilines is 1. The fourth-order valence-corrected chi connectivity index (χ4v) is 4.37. The van der Waals surface area contributed by atoms with Crippen molar-refractivity contribution in [3.8, 4) is 11.3 Å². The number of hydrogen-bond acceptors (Lipinski definition) is 8. The van der Waals surface area contributed by atoms with Crippen LogP contribution in [0.5, 0.6) is 0 Å². The van der Waals surface area contributed by atoms with Crippen LogP contribution in [0.1, 0.15) is 49.8 Å². The van der Waals surface area contributed by atoms with Gasteiger partial charge >= 0.3 is 0 Å². The zero-order valence-corrected chi connectivity index (χ0v) is 23.2. The molecular weight excluding hydrogens is 534 g/mol. The van der Waals surface area contributed by atoms with Crippen molar-refractivity contribution in [1.82, 2.24) is 25.1 Å². The average molecular weight is 565 g/mol. The molecule has 0 spiro atoms. The number of benzene rings is 2. The lowest BCUT2D eigenvalue weighted by Crippen LogP contribution is -2.46. The first-order chi connectivity index (χ1) is 19.4. The highest BCUT2D eigenvalue weighted by Crippen LogP contribution is 2.32. The van der Waals surface area contributed by atoms with E-state index in [1.807, 2.05) is 6.07 Å². The number of rotatable bonds is 10. The van der Waals surface area contributed by atoms with Gasteiger partial charge in [-0.2, -0.15) is 0 Å². The first-order valence-corrected chi connectivity index (χ1v) is 12.9. The lowest BCUT2D eigenvalue weighted by molar-refractivity contribution is -0.122. The number of Topliss-reactive ketones (excluding diaryl/α,β-unsaturated/α-hetero) is 1. The molecule has 12 heteroatoms. The van der Waals surface area contributed by atoms with Crippen LogP contribution in [0, 0.1) is 17.6 Å². The molecule has 0 fully saturated rings. The predicted octanol–water partition coefficient (Wildman–Crippen LogP) is 3.96. The second-order valence-corrected chi connectivity index (χ2v) is 10.3. The Balaban J connectivity index is 1.58. The maximum absolute atomic E-state index is 14.5. The van der Waals surface area contributed by atoms with Gasteiger partial charge < -0.3 is 15.1 Å². The van der Waals surface area contributed by atoms with Crippen molar-refractivity contribution in [3.63, 3.8) is 0 Å². The van der Waals surface area contributed by atoms with Crippen LogP contribution < -0.4 is 16.2 Å². The fraction of sp³-hybridized carbons (Fsp3) is 0.310. The summed E-state index contributed by atoms with van der Waals surface area (Å²) in [6.45, 7) is 6.27. The first kappa shape index (κ1) is 29.2. The monoisotopic (exact) mass is 564 g/mol. The molecule has 2 N–H and O–H groups in total. The van der Waals surface area contributed by atoms with Crippen molar-refractivity contribution in [1.29, 1.82) is 0 Å². The molecule has 0 bridgehead atoms. The van der Waals surface area contributed by atoms with Gasteiger partial charge in [-0.1, -0.05) is 50.2 Å². The molecule has 0 saturated carbocycles. The summed E-state index contributed by atoms with van der Waals surface area (Å²) >= 11 is 0. The summed E-state index contributed by atoms with van der Waals surface area (Å²) in [5.41, 5.74) is -0.473. The SMILES string of the molecule is CNc1ncc(-c2ccccc2)n(CC(=O)N[C@@H](C(=O)c2nnc(C(C)(C)c3ccc(F)cc3F)o2)C(C)C)c1=O. The van der Waals surface area contributed by atoms with E-state index in [0.29, 0.717) is 11.3 Å². The molecule has 1 atom stereocenters. The summed E-state index contributed by atoms with van der Waals surface area (Å²) in [5, 5.41) is 13.2. The minimum Gasteiger partial charge on any atom is -0.417 e. The van der Waals surface area contributed by atoms with Crippen molar-refractivity contribution >= 4 is 17.5 Å². The van der Waals surface area contributed by atoms with Crippen LogP contribution in [0.4, 0.5) is 14.6 Å². The third-order valence-corrected chi connectivity index (χ3v) is 6.70. The van der Waals surface area contributed by atoms with Gasteiger partial charge in [0.15, 0.2) is 5.82 Å². The number of nitrogens with zero attached hydrogens (tertiary/aromatic N) is 4. The molecule has 10 nitrogen and oxygen atoms in total. The van der Waals surface area contributed by atoms with Gasteiger partial charge in [-0.15, -0.1) is 10.2 Å². The van der Waals surface area contributed by atoms with Crippen molar-refractivity contribution < 1.29 is 22.8 Å². The molecule has 0 aliphatic rings. The summed E-state index contributed by atoms with van der Waals surface area (Å²) in [4.78, 5) is 43.8. The van der Waals surface area contributed by atoms with Gasteiger partial charge in [0.1, 0.15) is 18.2 Å². The zero-order valence-electron chi connectivity index (χ0n) is 23.2. The molecule has 0 aliphatic heterocycles. The standard InChI is InChI=1S/C29H30F2N6O4/c1-16(2)23(24(39)26-35-36-28(41-26)29(3,4)19-12-11-18(30)13-20(19)31)34-22(38)15-37-21(17-9-7-6-8-10-17)14-33-25(32-5)27(37)40/h6-14,16,23H,15H2,1-5H3,(H,32,33)(H,34,38)/t23-/m1/s1. The van der Waals surface area contributed by atoms with Crippen molar-refractivity contribution in [2.24, 2.45) is 5.92 Å². The third-order valence-electron chi connectivity index (χ3n) is 6.70. The minimum absolute atomic E-state index is 0.0596. The summed E-state index contributed by atoms with van der Waals surface area (Å²) in [7, 11) is 1.55. The molecule has 2 aromatic carbocycles. The number of carbonyl (C=O) groups is 2. The van der Waals surface area contributed by atoms with Gasteiger partial charge in [-0.05, 0) is 31.4 Å².